The van der Waals surface area contributed by atoms with E-state index in [9.17, 15) is 19.2 Å². The van der Waals surface area contributed by atoms with Gasteiger partial charge in [0.05, 0.1) is 19.4 Å². The number of urea groups is 1. The van der Waals surface area contributed by atoms with E-state index in [0.29, 0.717) is 16.2 Å². The summed E-state index contributed by atoms with van der Waals surface area (Å²) in [5.74, 6) is -2.04. The molecule has 4 rings (SSSR count). The third-order valence-corrected chi connectivity index (χ3v) is 4.81. The van der Waals surface area contributed by atoms with E-state index in [1.807, 2.05) is 19.1 Å². The topological polar surface area (TPSA) is 104 Å². The van der Waals surface area contributed by atoms with Crippen molar-refractivity contribution in [2.75, 3.05) is 6.54 Å². The van der Waals surface area contributed by atoms with Gasteiger partial charge in [0, 0.05) is 22.7 Å². The standard InChI is InChI=1S/C20H17N3O5/c1-2-12-5-3-7-14-15(9-21-17(12)14)16(24)11-23-19(26)18(25)22(20(23)27)10-13-6-4-8-28-13/h3-9,21H,2,10-11H2,1H3. The molecule has 142 valence electrons. The number of H-pyrrole nitrogens is 1. The van der Waals surface area contributed by atoms with Crippen LogP contribution in [-0.2, 0) is 22.6 Å². The van der Waals surface area contributed by atoms with Crippen molar-refractivity contribution in [3.8, 4) is 0 Å². The lowest BCUT2D eigenvalue weighted by Crippen LogP contribution is -2.36. The third kappa shape index (κ3) is 2.79. The summed E-state index contributed by atoms with van der Waals surface area (Å²) in [7, 11) is 0. The molecular formula is C20H17N3O5. The maximum Gasteiger partial charge on any atom is 0.335 e. The largest absolute Gasteiger partial charge is 0.467 e. The summed E-state index contributed by atoms with van der Waals surface area (Å²) in [5, 5.41) is 0.724. The van der Waals surface area contributed by atoms with E-state index >= 15 is 0 Å². The van der Waals surface area contributed by atoms with E-state index < -0.39 is 30.2 Å². The quantitative estimate of drug-likeness (QED) is 0.403. The molecular weight excluding hydrogens is 362 g/mol. The van der Waals surface area contributed by atoms with Gasteiger partial charge in [-0.2, -0.15) is 0 Å². The number of rotatable bonds is 6. The molecule has 1 aliphatic heterocycles. The summed E-state index contributed by atoms with van der Waals surface area (Å²) in [6.45, 7) is 1.35. The molecule has 0 unspecified atom stereocenters. The molecule has 1 fully saturated rings. The Morgan fingerprint density at radius 3 is 2.57 bits per heavy atom. The van der Waals surface area contributed by atoms with Crippen LogP contribution in [0.25, 0.3) is 10.9 Å². The molecule has 0 atom stereocenters. The zero-order chi connectivity index (χ0) is 19.8. The molecule has 0 saturated carbocycles. The number of imide groups is 2. The number of hydrogen-bond acceptors (Lipinski definition) is 5. The van der Waals surface area contributed by atoms with Crippen molar-refractivity contribution in [2.45, 2.75) is 19.9 Å². The number of fused-ring (bicyclic) bond motifs is 1. The van der Waals surface area contributed by atoms with Crippen molar-refractivity contribution >= 4 is 34.5 Å². The first-order chi connectivity index (χ1) is 13.5. The van der Waals surface area contributed by atoms with Gasteiger partial charge < -0.3 is 9.40 Å². The Labute approximate surface area is 159 Å². The summed E-state index contributed by atoms with van der Waals surface area (Å²) in [5.41, 5.74) is 2.29. The summed E-state index contributed by atoms with van der Waals surface area (Å²) in [4.78, 5) is 54.3. The van der Waals surface area contributed by atoms with Crippen molar-refractivity contribution in [3.05, 3.63) is 59.7 Å². The summed E-state index contributed by atoms with van der Waals surface area (Å²) >= 11 is 0. The van der Waals surface area contributed by atoms with E-state index in [4.69, 9.17) is 4.42 Å². The minimum Gasteiger partial charge on any atom is -0.467 e. The first kappa shape index (κ1) is 17.7. The van der Waals surface area contributed by atoms with Crippen LogP contribution in [0.3, 0.4) is 0 Å². The Balaban J connectivity index is 1.57. The highest BCUT2D eigenvalue weighted by Gasteiger charge is 2.45. The van der Waals surface area contributed by atoms with E-state index in [1.54, 1.807) is 24.4 Å². The fourth-order valence-electron chi connectivity index (χ4n) is 3.36. The van der Waals surface area contributed by atoms with E-state index in [-0.39, 0.29) is 6.54 Å². The zero-order valence-corrected chi connectivity index (χ0v) is 15.1. The molecule has 28 heavy (non-hydrogen) atoms. The second-order valence-electron chi connectivity index (χ2n) is 6.46. The lowest BCUT2D eigenvalue weighted by molar-refractivity contribution is -0.143. The molecule has 1 saturated heterocycles. The van der Waals surface area contributed by atoms with E-state index in [2.05, 4.69) is 4.98 Å². The maximum atomic E-state index is 12.8. The Bertz CT molecular complexity index is 1100. The average molecular weight is 379 g/mol. The number of amides is 4. The Morgan fingerprint density at radius 1 is 1.07 bits per heavy atom. The molecule has 3 aromatic rings. The third-order valence-electron chi connectivity index (χ3n) is 4.81. The number of aryl methyl sites for hydroxylation is 1. The van der Waals surface area contributed by atoms with E-state index in [1.165, 1.54) is 6.26 Å². The Morgan fingerprint density at radius 2 is 1.86 bits per heavy atom. The smallest absolute Gasteiger partial charge is 0.335 e. The van der Waals surface area contributed by atoms with Crippen LogP contribution in [0.15, 0.2) is 47.2 Å². The summed E-state index contributed by atoms with van der Waals surface area (Å²) in [6.07, 6.45) is 3.77. The Hall–Kier alpha value is -3.68. The lowest BCUT2D eigenvalue weighted by Gasteiger charge is -2.13. The average Bonchev–Trinajstić information content (AvgIpc) is 3.41. The monoisotopic (exact) mass is 379 g/mol. The van der Waals surface area contributed by atoms with Crippen molar-refractivity contribution < 1.29 is 23.6 Å². The van der Waals surface area contributed by atoms with Crippen molar-refractivity contribution in [1.29, 1.82) is 0 Å². The van der Waals surface area contributed by atoms with Crippen LogP contribution in [0.1, 0.15) is 28.6 Å². The highest BCUT2D eigenvalue weighted by atomic mass is 16.3. The van der Waals surface area contributed by atoms with Gasteiger partial charge in [-0.3, -0.25) is 14.4 Å². The van der Waals surface area contributed by atoms with Gasteiger partial charge in [0.1, 0.15) is 5.76 Å². The van der Waals surface area contributed by atoms with Crippen molar-refractivity contribution in [1.82, 2.24) is 14.8 Å². The van der Waals surface area contributed by atoms with Gasteiger partial charge in [0.2, 0.25) is 0 Å². The van der Waals surface area contributed by atoms with Crippen LogP contribution in [-0.4, -0.2) is 45.0 Å². The number of furan rings is 1. The molecule has 1 aliphatic rings. The summed E-state index contributed by atoms with van der Waals surface area (Å²) < 4.78 is 5.13. The van der Waals surface area contributed by atoms with Crippen molar-refractivity contribution in [3.63, 3.8) is 0 Å². The van der Waals surface area contributed by atoms with Gasteiger partial charge >= 0.3 is 17.8 Å². The van der Waals surface area contributed by atoms with Crippen LogP contribution in [0.5, 0.6) is 0 Å². The molecule has 4 amide bonds. The second kappa shape index (κ2) is 6.80. The van der Waals surface area contributed by atoms with E-state index in [0.717, 1.165) is 27.8 Å². The molecule has 0 aliphatic carbocycles. The predicted molar refractivity (Wildman–Crippen MR) is 98.4 cm³/mol. The van der Waals surface area contributed by atoms with Gasteiger partial charge in [0.25, 0.3) is 0 Å². The fraction of sp³-hybridized carbons (Fsp3) is 0.200. The zero-order valence-electron chi connectivity index (χ0n) is 15.1. The van der Waals surface area contributed by atoms with Crippen LogP contribution >= 0.6 is 0 Å². The number of Topliss-reactive ketones (excluding diaryl/α,β-unsaturated/α-hetero) is 1. The van der Waals surface area contributed by atoms with Crippen LogP contribution < -0.4 is 0 Å². The second-order valence-corrected chi connectivity index (χ2v) is 6.46. The first-order valence-corrected chi connectivity index (χ1v) is 8.83. The lowest BCUT2D eigenvalue weighted by atomic mass is 10.0. The number of carbonyl (C=O) groups excluding carboxylic acids is 4. The number of para-hydroxylation sites is 1. The van der Waals surface area contributed by atoms with Gasteiger partial charge in [-0.05, 0) is 24.1 Å². The SMILES string of the molecule is CCc1cccc2c(C(=O)CN3C(=O)C(=O)N(Cc4ccco4)C3=O)c[nH]c12. The minimum absolute atomic E-state index is 0.159. The molecule has 0 radical (unpaired) electrons. The van der Waals surface area contributed by atoms with Crippen LogP contribution in [0, 0.1) is 0 Å². The molecule has 1 aromatic carbocycles. The number of nitrogens with zero attached hydrogens (tertiary/aromatic N) is 2. The van der Waals surface area contributed by atoms with Crippen molar-refractivity contribution in [2.24, 2.45) is 0 Å². The molecule has 2 aromatic heterocycles. The maximum absolute atomic E-state index is 12.8. The van der Waals surface area contributed by atoms with Gasteiger partial charge in [-0.1, -0.05) is 25.1 Å². The molecule has 0 bridgehead atoms. The molecule has 3 heterocycles. The number of carbonyl (C=O) groups is 4. The van der Waals surface area contributed by atoms with Gasteiger partial charge in [-0.15, -0.1) is 0 Å². The highest BCUT2D eigenvalue weighted by molar-refractivity contribution is 6.45. The molecule has 0 spiro atoms. The molecule has 8 heteroatoms. The van der Waals surface area contributed by atoms with Crippen LogP contribution in [0.2, 0.25) is 0 Å². The van der Waals surface area contributed by atoms with Gasteiger partial charge in [-0.25, -0.2) is 14.6 Å². The molecule has 1 N–H and O–H groups in total. The Kier molecular flexibility index (Phi) is 4.31. The number of ketones is 1. The number of nitrogens with one attached hydrogen (secondary N) is 1. The fourth-order valence-corrected chi connectivity index (χ4v) is 3.36. The molecule has 8 nitrogen and oxygen atoms in total. The minimum atomic E-state index is -1.01. The normalized spacial score (nSPS) is 14.5. The predicted octanol–water partition coefficient (Wildman–Crippen LogP) is 2.50. The number of aromatic nitrogens is 1. The summed E-state index contributed by atoms with van der Waals surface area (Å²) in [6, 6.07) is 8.01. The van der Waals surface area contributed by atoms with Gasteiger partial charge in [0.15, 0.2) is 5.78 Å². The number of hydrogen-bond donors (Lipinski definition) is 1. The first-order valence-electron chi connectivity index (χ1n) is 8.83. The van der Waals surface area contributed by atoms with Crippen LogP contribution in [0.4, 0.5) is 4.79 Å². The highest BCUT2D eigenvalue weighted by Crippen LogP contribution is 2.24. The number of aromatic amines is 1. The number of benzene rings is 1.